The number of rotatable bonds is 6. The number of aryl methyl sites for hydroxylation is 2. The average Bonchev–Trinajstić information content (AvgIpc) is 2.65. The molecule has 140 valence electrons. The van der Waals surface area contributed by atoms with Gasteiger partial charge in [-0.05, 0) is 36.8 Å². The van der Waals surface area contributed by atoms with Gasteiger partial charge in [0.2, 0.25) is 0 Å². The summed E-state index contributed by atoms with van der Waals surface area (Å²) in [7, 11) is -2.14. The second kappa shape index (κ2) is 7.80. The van der Waals surface area contributed by atoms with Crippen LogP contribution in [0.15, 0.2) is 71.8 Å². The van der Waals surface area contributed by atoms with E-state index in [1.807, 2.05) is 54.8 Å². The van der Waals surface area contributed by atoms with Crippen LogP contribution >= 0.6 is 0 Å². The first-order valence-electron chi connectivity index (χ1n) is 8.60. The van der Waals surface area contributed by atoms with Crippen LogP contribution in [-0.2, 0) is 16.6 Å². The molecule has 0 fully saturated rings. The van der Waals surface area contributed by atoms with Gasteiger partial charge in [-0.3, -0.25) is 4.72 Å². The number of nitrogens with zero attached hydrogens (tertiary/aromatic N) is 1. The Kier molecular flexibility index (Phi) is 5.46. The van der Waals surface area contributed by atoms with Crippen LogP contribution in [0.25, 0.3) is 0 Å². The number of sulfonamides is 1. The highest BCUT2D eigenvalue weighted by atomic mass is 32.2. The van der Waals surface area contributed by atoms with Crippen molar-refractivity contribution in [3.8, 4) is 5.75 Å². The number of benzene rings is 2. The van der Waals surface area contributed by atoms with E-state index < -0.39 is 10.0 Å². The van der Waals surface area contributed by atoms with Crippen molar-refractivity contribution in [2.24, 2.45) is 0 Å². The normalized spacial score (nSPS) is 11.2. The van der Waals surface area contributed by atoms with Gasteiger partial charge in [-0.25, -0.2) is 8.42 Å². The van der Waals surface area contributed by atoms with Crippen LogP contribution in [-0.4, -0.2) is 15.5 Å². The third-order valence-corrected chi connectivity index (χ3v) is 5.88. The molecular formula is C21H23N2O3S+. The lowest BCUT2D eigenvalue weighted by Gasteiger charge is -2.11. The van der Waals surface area contributed by atoms with Crippen molar-refractivity contribution in [3.63, 3.8) is 0 Å². The topological polar surface area (TPSA) is 59.3 Å². The maximum atomic E-state index is 12.9. The van der Waals surface area contributed by atoms with Crippen LogP contribution in [0.3, 0.4) is 0 Å². The zero-order valence-corrected chi connectivity index (χ0v) is 16.5. The van der Waals surface area contributed by atoms with Gasteiger partial charge in [0.15, 0.2) is 23.3 Å². The van der Waals surface area contributed by atoms with E-state index in [-0.39, 0.29) is 4.90 Å². The highest BCUT2D eigenvalue weighted by Gasteiger charge is 2.23. The van der Waals surface area contributed by atoms with E-state index >= 15 is 0 Å². The van der Waals surface area contributed by atoms with Crippen LogP contribution in [0, 0.1) is 13.8 Å². The van der Waals surface area contributed by atoms with Crippen molar-refractivity contribution in [1.82, 2.24) is 0 Å². The smallest absolute Gasteiger partial charge is 0.268 e. The quantitative estimate of drug-likeness (QED) is 0.663. The fraction of sp³-hybridized carbons (Fsp3) is 0.190. The van der Waals surface area contributed by atoms with Crippen molar-refractivity contribution in [1.29, 1.82) is 0 Å². The summed E-state index contributed by atoms with van der Waals surface area (Å²) in [6.07, 6.45) is 1.70. The van der Waals surface area contributed by atoms with Gasteiger partial charge in [-0.2, -0.15) is 4.57 Å². The number of methoxy groups -OCH3 is 1. The molecule has 0 amide bonds. The summed E-state index contributed by atoms with van der Waals surface area (Å²) in [5.74, 6) is 0.671. The van der Waals surface area contributed by atoms with Crippen LogP contribution in [0.1, 0.15) is 16.8 Å². The van der Waals surface area contributed by atoms with E-state index in [0.29, 0.717) is 23.5 Å². The maximum Gasteiger partial charge on any atom is 0.268 e. The lowest BCUT2D eigenvalue weighted by atomic mass is 10.2. The van der Waals surface area contributed by atoms with Gasteiger partial charge in [0.05, 0.1) is 7.11 Å². The molecule has 27 heavy (non-hydrogen) atoms. The zero-order valence-electron chi connectivity index (χ0n) is 15.6. The molecule has 0 bridgehead atoms. The summed E-state index contributed by atoms with van der Waals surface area (Å²) in [5, 5.41) is 0. The first-order chi connectivity index (χ1) is 12.9. The molecule has 2 aromatic carbocycles. The lowest BCUT2D eigenvalue weighted by Crippen LogP contribution is -2.39. The first kappa shape index (κ1) is 18.9. The number of anilines is 1. The summed E-state index contributed by atoms with van der Waals surface area (Å²) >= 11 is 0. The molecular weight excluding hydrogens is 360 g/mol. The van der Waals surface area contributed by atoms with Gasteiger partial charge < -0.3 is 4.74 Å². The number of nitrogens with one attached hydrogen (secondary N) is 1. The second-order valence-corrected chi connectivity index (χ2v) is 8.06. The van der Waals surface area contributed by atoms with Gasteiger partial charge in [0, 0.05) is 24.2 Å². The van der Waals surface area contributed by atoms with Crippen LogP contribution in [0.2, 0.25) is 0 Å². The van der Waals surface area contributed by atoms with Crippen LogP contribution in [0.4, 0.5) is 5.69 Å². The first-order valence-corrected chi connectivity index (χ1v) is 10.1. The third kappa shape index (κ3) is 4.46. The Balaban J connectivity index is 1.92. The molecule has 1 aromatic heterocycles. The Morgan fingerprint density at radius 3 is 2.30 bits per heavy atom. The fourth-order valence-electron chi connectivity index (χ4n) is 2.91. The summed E-state index contributed by atoms with van der Waals surface area (Å²) < 4.78 is 35.6. The number of hydrogen-bond acceptors (Lipinski definition) is 3. The van der Waals surface area contributed by atoms with Gasteiger partial charge in [0.25, 0.3) is 10.0 Å². The molecule has 3 aromatic rings. The molecule has 0 saturated heterocycles. The molecule has 0 unspecified atom stereocenters. The van der Waals surface area contributed by atoms with E-state index in [1.165, 1.54) is 0 Å². The molecule has 0 radical (unpaired) electrons. The predicted molar refractivity (Wildman–Crippen MR) is 105 cm³/mol. The predicted octanol–water partition coefficient (Wildman–Crippen LogP) is 3.45. The van der Waals surface area contributed by atoms with Crippen LogP contribution in [0.5, 0.6) is 5.75 Å². The van der Waals surface area contributed by atoms with E-state index in [1.54, 1.807) is 37.6 Å². The monoisotopic (exact) mass is 383 g/mol. The van der Waals surface area contributed by atoms with E-state index in [9.17, 15) is 8.42 Å². The molecule has 0 spiro atoms. The molecule has 1 heterocycles. The van der Waals surface area contributed by atoms with Gasteiger partial charge in [0.1, 0.15) is 5.75 Å². The van der Waals surface area contributed by atoms with Crippen molar-refractivity contribution in [2.75, 3.05) is 11.8 Å². The van der Waals surface area contributed by atoms with Crippen molar-refractivity contribution >= 4 is 15.7 Å². The number of ether oxygens (including phenoxy) is 1. The summed E-state index contributed by atoms with van der Waals surface area (Å²) in [4.78, 5) is 0.264. The van der Waals surface area contributed by atoms with Crippen molar-refractivity contribution in [2.45, 2.75) is 25.3 Å². The summed E-state index contributed by atoms with van der Waals surface area (Å²) in [6.45, 7) is 4.39. The minimum absolute atomic E-state index is 0.264. The maximum absolute atomic E-state index is 12.9. The highest BCUT2D eigenvalue weighted by molar-refractivity contribution is 7.92. The summed E-state index contributed by atoms with van der Waals surface area (Å²) in [5.41, 5.74) is 3.31. The van der Waals surface area contributed by atoms with Crippen LogP contribution < -0.4 is 14.0 Å². The molecule has 0 aliphatic carbocycles. The van der Waals surface area contributed by atoms with Gasteiger partial charge >= 0.3 is 0 Å². The number of pyridine rings is 1. The molecule has 3 rings (SSSR count). The Morgan fingerprint density at radius 1 is 1.00 bits per heavy atom. The molecule has 0 aliphatic heterocycles. The van der Waals surface area contributed by atoms with Gasteiger partial charge in [-0.15, -0.1) is 0 Å². The Morgan fingerprint density at radius 2 is 1.67 bits per heavy atom. The molecule has 0 saturated carbocycles. The summed E-state index contributed by atoms with van der Waals surface area (Å²) in [6, 6.07) is 18.6. The lowest BCUT2D eigenvalue weighted by molar-refractivity contribution is -0.696. The minimum Gasteiger partial charge on any atom is -0.497 e. The molecule has 1 N–H and O–H groups in total. The molecule has 6 heteroatoms. The fourth-order valence-corrected chi connectivity index (χ4v) is 4.22. The van der Waals surface area contributed by atoms with E-state index in [2.05, 4.69) is 4.72 Å². The highest BCUT2D eigenvalue weighted by Crippen LogP contribution is 2.21. The van der Waals surface area contributed by atoms with E-state index in [4.69, 9.17) is 4.74 Å². The van der Waals surface area contributed by atoms with Gasteiger partial charge in [-0.1, -0.05) is 30.3 Å². The third-order valence-electron chi connectivity index (χ3n) is 4.37. The molecule has 5 nitrogen and oxygen atoms in total. The number of aromatic nitrogens is 1. The van der Waals surface area contributed by atoms with E-state index in [0.717, 1.165) is 11.3 Å². The Hall–Kier alpha value is -2.86. The average molecular weight is 383 g/mol. The van der Waals surface area contributed by atoms with Crippen molar-refractivity contribution < 1.29 is 17.7 Å². The Bertz CT molecular complexity index is 1030. The standard InChI is InChI=1S/C21H23N2O3S/c1-16-13-17(2)23(14-18-7-5-4-6-8-18)15-21(16)27(24,25)22-19-9-11-20(26-3)12-10-19/h4-13,15,22H,14H2,1-3H3/q+1. The SMILES string of the molecule is COc1ccc(NS(=O)(=O)c2c[n+](Cc3ccccc3)c(C)cc2C)cc1. The minimum atomic E-state index is -3.71. The Labute approximate surface area is 160 Å². The zero-order chi connectivity index (χ0) is 19.4. The second-order valence-electron chi connectivity index (χ2n) is 6.41. The van der Waals surface area contributed by atoms with Crippen molar-refractivity contribution in [3.05, 3.63) is 83.7 Å². The largest absolute Gasteiger partial charge is 0.497 e. The molecule has 0 atom stereocenters. The number of hydrogen-bond donors (Lipinski definition) is 1. The molecule has 0 aliphatic rings.